The standard InChI is InChI=1S/C16H21NO.C3H5FO.C3H7NO/c1-3-13(2)7-6-10-16(18)17-12-11-14-8-4-5-9-15(14)17;1-3(5)2-4;1-3(4)2-5/h4-6,8-10,13H,3,7,11-12H2,1-2H3;2H2,1H3;2-3H,4H2,1H3/b10-6+;;/t13-;;3-/m0.0/s1. The Morgan fingerprint density at radius 3 is 2.36 bits per heavy atom. The van der Waals surface area contributed by atoms with Crippen LogP contribution in [0.15, 0.2) is 36.4 Å². The maximum atomic E-state index is 12.1. The maximum absolute atomic E-state index is 12.1. The van der Waals surface area contributed by atoms with Crippen LogP contribution in [0.5, 0.6) is 0 Å². The van der Waals surface area contributed by atoms with Crippen LogP contribution in [-0.4, -0.2) is 37.2 Å². The Hall–Kier alpha value is -2.34. The van der Waals surface area contributed by atoms with E-state index in [0.29, 0.717) is 12.2 Å². The van der Waals surface area contributed by atoms with Crippen LogP contribution in [-0.2, 0) is 20.8 Å². The van der Waals surface area contributed by atoms with Crippen LogP contribution in [0.2, 0.25) is 0 Å². The molecule has 156 valence electrons. The molecule has 1 aliphatic heterocycles. The molecule has 5 nitrogen and oxygen atoms in total. The number of aldehydes is 1. The molecule has 1 aromatic rings. The zero-order valence-corrected chi connectivity index (χ0v) is 17.4. The number of nitrogens with zero attached hydrogens (tertiary/aromatic N) is 1. The van der Waals surface area contributed by atoms with E-state index in [1.54, 1.807) is 13.0 Å². The van der Waals surface area contributed by atoms with E-state index in [-0.39, 0.29) is 11.9 Å². The van der Waals surface area contributed by atoms with Crippen molar-refractivity contribution in [2.75, 3.05) is 18.1 Å². The van der Waals surface area contributed by atoms with Gasteiger partial charge in [-0.3, -0.25) is 9.59 Å². The zero-order chi connectivity index (χ0) is 21.5. The van der Waals surface area contributed by atoms with Gasteiger partial charge in [-0.15, -0.1) is 0 Å². The number of ketones is 1. The second kappa shape index (κ2) is 14.7. The lowest BCUT2D eigenvalue weighted by Gasteiger charge is -2.14. The Bertz CT molecular complexity index is 644. The fourth-order valence-corrected chi connectivity index (χ4v) is 2.22. The van der Waals surface area contributed by atoms with Crippen LogP contribution in [0, 0.1) is 5.92 Å². The van der Waals surface area contributed by atoms with Crippen molar-refractivity contribution in [1.29, 1.82) is 0 Å². The summed E-state index contributed by atoms with van der Waals surface area (Å²) in [6, 6.07) is 7.86. The van der Waals surface area contributed by atoms with Gasteiger partial charge in [0.25, 0.3) is 5.91 Å². The number of benzene rings is 1. The number of anilines is 1. The molecule has 28 heavy (non-hydrogen) atoms. The van der Waals surface area contributed by atoms with Crippen LogP contribution in [0.3, 0.4) is 0 Å². The second-order valence-electron chi connectivity index (χ2n) is 6.85. The zero-order valence-electron chi connectivity index (χ0n) is 17.4. The molecule has 0 fully saturated rings. The Morgan fingerprint density at radius 2 is 1.86 bits per heavy atom. The van der Waals surface area contributed by atoms with Gasteiger partial charge >= 0.3 is 0 Å². The van der Waals surface area contributed by atoms with Gasteiger partial charge in [-0.05, 0) is 50.3 Å². The fraction of sp³-hybridized carbons (Fsp3) is 0.500. The third-order valence-corrected chi connectivity index (χ3v) is 4.05. The van der Waals surface area contributed by atoms with Gasteiger partial charge in [0, 0.05) is 12.2 Å². The summed E-state index contributed by atoms with van der Waals surface area (Å²) in [5.74, 6) is 0.355. The number of carbonyl (C=O) groups excluding carboxylic acids is 3. The maximum Gasteiger partial charge on any atom is 0.250 e. The Morgan fingerprint density at radius 1 is 1.29 bits per heavy atom. The minimum Gasteiger partial charge on any atom is -0.322 e. The number of hydrogen-bond acceptors (Lipinski definition) is 4. The number of fused-ring (bicyclic) bond motifs is 1. The SMILES string of the molecule is CC(=O)CF.CC[C@H](C)C/C=C/C(=O)N1CCc2ccccc21.C[C@H](N)C=O. The summed E-state index contributed by atoms with van der Waals surface area (Å²) in [6.07, 6.45) is 7.55. The fourth-order valence-electron chi connectivity index (χ4n) is 2.22. The van der Waals surface area contributed by atoms with Crippen LogP contribution in [0.1, 0.15) is 46.1 Å². The van der Waals surface area contributed by atoms with E-state index >= 15 is 0 Å². The number of alkyl halides is 1. The predicted molar refractivity (Wildman–Crippen MR) is 112 cm³/mol. The molecular weight excluding hydrogens is 359 g/mol. The van der Waals surface area contributed by atoms with E-state index in [2.05, 4.69) is 19.9 Å². The molecule has 2 N–H and O–H groups in total. The highest BCUT2D eigenvalue weighted by molar-refractivity contribution is 6.02. The van der Waals surface area contributed by atoms with Crippen LogP contribution < -0.4 is 10.6 Å². The van der Waals surface area contributed by atoms with Gasteiger partial charge in [-0.25, -0.2) is 4.39 Å². The van der Waals surface area contributed by atoms with Crippen molar-refractivity contribution in [3.8, 4) is 0 Å². The van der Waals surface area contributed by atoms with Crippen LogP contribution in [0.4, 0.5) is 10.1 Å². The van der Waals surface area contributed by atoms with E-state index < -0.39 is 12.5 Å². The normalized spacial score (nSPS) is 14.1. The number of Topliss-reactive ketones (excluding diaryl/α,β-unsaturated/α-hetero) is 1. The molecule has 2 atom stereocenters. The highest BCUT2D eigenvalue weighted by Crippen LogP contribution is 2.27. The van der Waals surface area contributed by atoms with E-state index in [0.717, 1.165) is 31.5 Å². The monoisotopic (exact) mass is 392 g/mol. The van der Waals surface area contributed by atoms with E-state index in [9.17, 15) is 18.8 Å². The molecular formula is C22H33FN2O3. The lowest BCUT2D eigenvalue weighted by molar-refractivity contribution is -0.118. The van der Waals surface area contributed by atoms with E-state index in [1.807, 2.05) is 29.2 Å². The van der Waals surface area contributed by atoms with Gasteiger partial charge in [0.15, 0.2) is 5.78 Å². The highest BCUT2D eigenvalue weighted by Gasteiger charge is 2.22. The molecule has 0 spiro atoms. The number of para-hydroxylation sites is 1. The van der Waals surface area contributed by atoms with E-state index in [4.69, 9.17) is 5.73 Å². The molecule has 2 rings (SSSR count). The minimum absolute atomic E-state index is 0.114. The molecule has 0 saturated carbocycles. The van der Waals surface area contributed by atoms with Crippen LogP contribution >= 0.6 is 0 Å². The molecule has 6 heteroatoms. The lowest BCUT2D eigenvalue weighted by Crippen LogP contribution is -2.26. The van der Waals surface area contributed by atoms with Crippen molar-refractivity contribution in [3.63, 3.8) is 0 Å². The molecule has 0 unspecified atom stereocenters. The Labute approximate surface area is 167 Å². The van der Waals surface area contributed by atoms with Crippen molar-refractivity contribution in [1.82, 2.24) is 0 Å². The van der Waals surface area contributed by atoms with E-state index in [1.165, 1.54) is 12.5 Å². The van der Waals surface area contributed by atoms with Gasteiger partial charge in [0.1, 0.15) is 13.0 Å². The van der Waals surface area contributed by atoms with Crippen molar-refractivity contribution in [3.05, 3.63) is 42.0 Å². The van der Waals surface area contributed by atoms with Crippen molar-refractivity contribution in [2.45, 2.75) is 53.0 Å². The summed E-state index contributed by atoms with van der Waals surface area (Å²) < 4.78 is 10.8. The first-order chi connectivity index (χ1) is 13.3. The third-order valence-electron chi connectivity index (χ3n) is 4.05. The summed E-state index contributed by atoms with van der Waals surface area (Å²) in [4.78, 5) is 32.8. The summed E-state index contributed by atoms with van der Waals surface area (Å²) in [5, 5.41) is 0. The number of carbonyl (C=O) groups is 3. The molecule has 0 bridgehead atoms. The molecule has 0 aliphatic carbocycles. The largest absolute Gasteiger partial charge is 0.322 e. The first-order valence-corrected chi connectivity index (χ1v) is 9.58. The number of halogens is 1. The van der Waals surface area contributed by atoms with Gasteiger partial charge < -0.3 is 15.4 Å². The second-order valence-corrected chi connectivity index (χ2v) is 6.85. The number of hydrogen-bond donors (Lipinski definition) is 1. The Balaban J connectivity index is 0.000000607. The number of rotatable bonds is 6. The van der Waals surface area contributed by atoms with Gasteiger partial charge in [-0.1, -0.05) is 44.5 Å². The van der Waals surface area contributed by atoms with Gasteiger partial charge in [0.2, 0.25) is 0 Å². The van der Waals surface area contributed by atoms with Gasteiger partial charge in [-0.2, -0.15) is 0 Å². The highest BCUT2D eigenvalue weighted by atomic mass is 19.1. The van der Waals surface area contributed by atoms with Gasteiger partial charge in [0.05, 0.1) is 6.04 Å². The average molecular weight is 393 g/mol. The quantitative estimate of drug-likeness (QED) is 0.592. The predicted octanol–water partition coefficient (Wildman–Crippen LogP) is 3.65. The average Bonchev–Trinajstić information content (AvgIpc) is 3.12. The number of nitrogens with two attached hydrogens (primary N) is 1. The minimum atomic E-state index is -0.833. The summed E-state index contributed by atoms with van der Waals surface area (Å²) in [7, 11) is 0. The summed E-state index contributed by atoms with van der Waals surface area (Å²) in [5.41, 5.74) is 7.28. The molecule has 1 heterocycles. The molecule has 1 amide bonds. The summed E-state index contributed by atoms with van der Waals surface area (Å²) >= 11 is 0. The molecule has 0 radical (unpaired) electrons. The Kier molecular flexibility index (Phi) is 13.5. The smallest absolute Gasteiger partial charge is 0.250 e. The molecule has 0 aromatic heterocycles. The number of amides is 1. The molecule has 1 aromatic carbocycles. The van der Waals surface area contributed by atoms with Crippen molar-refractivity contribution < 1.29 is 18.8 Å². The number of allylic oxidation sites excluding steroid dienone is 1. The first kappa shape index (κ1) is 25.7. The van der Waals surface area contributed by atoms with Crippen molar-refractivity contribution >= 4 is 23.7 Å². The lowest BCUT2D eigenvalue weighted by atomic mass is 10.1. The van der Waals surface area contributed by atoms with Crippen LogP contribution in [0.25, 0.3) is 0 Å². The summed E-state index contributed by atoms with van der Waals surface area (Å²) in [6.45, 7) is 7.20. The van der Waals surface area contributed by atoms with Crippen molar-refractivity contribution in [2.24, 2.45) is 11.7 Å². The molecule has 1 aliphatic rings. The topological polar surface area (TPSA) is 80.5 Å². The molecule has 0 saturated heterocycles. The first-order valence-electron chi connectivity index (χ1n) is 9.58. The third kappa shape index (κ3) is 10.7.